The van der Waals surface area contributed by atoms with Crippen LogP contribution in [-0.2, 0) is 0 Å². The second kappa shape index (κ2) is 3.88. The Morgan fingerprint density at radius 2 is 2.15 bits per heavy atom. The lowest BCUT2D eigenvalue weighted by Crippen LogP contribution is -2.25. The van der Waals surface area contributed by atoms with Crippen molar-refractivity contribution in [2.75, 3.05) is 0 Å². The van der Waals surface area contributed by atoms with E-state index in [4.69, 9.17) is 11.6 Å². The number of rotatable bonds is 1. The lowest BCUT2D eigenvalue weighted by atomic mass is 10.1. The Hall–Kier alpha value is -1.75. The summed E-state index contributed by atoms with van der Waals surface area (Å²) in [4.78, 5) is 12.5. The first-order valence-corrected chi connectivity index (χ1v) is 6.97. The van der Waals surface area contributed by atoms with Crippen LogP contribution >= 0.6 is 11.6 Å². The van der Waals surface area contributed by atoms with Crippen LogP contribution in [0.15, 0.2) is 23.0 Å². The standard InChI is InChI=1S/C14H12ClFN2O2/c15-10-6-9(3-4-11(10)16)18-13(19)12-7-1-2-8(5-7)17(12)14(18)20/h3-4,6-8,19H,1-2,5H2/t7-,8+/m1/s1. The molecule has 1 saturated carbocycles. The predicted octanol–water partition coefficient (Wildman–Crippen LogP) is 2.96. The van der Waals surface area contributed by atoms with Crippen LogP contribution in [0.2, 0.25) is 5.02 Å². The molecule has 1 aromatic heterocycles. The number of aromatic nitrogens is 2. The molecule has 0 spiro atoms. The van der Waals surface area contributed by atoms with Crippen molar-refractivity contribution >= 4 is 11.6 Å². The van der Waals surface area contributed by atoms with E-state index >= 15 is 0 Å². The summed E-state index contributed by atoms with van der Waals surface area (Å²) in [5.41, 5.74) is 0.833. The van der Waals surface area contributed by atoms with Gasteiger partial charge in [0.05, 0.1) is 16.4 Å². The van der Waals surface area contributed by atoms with Crippen molar-refractivity contribution in [3.8, 4) is 11.6 Å². The molecule has 2 heterocycles. The number of benzene rings is 1. The van der Waals surface area contributed by atoms with Crippen molar-refractivity contribution in [3.63, 3.8) is 0 Å². The first kappa shape index (κ1) is 12.0. The van der Waals surface area contributed by atoms with Crippen LogP contribution in [0.5, 0.6) is 5.88 Å². The van der Waals surface area contributed by atoms with E-state index in [0.717, 1.165) is 19.3 Å². The van der Waals surface area contributed by atoms with E-state index in [1.54, 1.807) is 4.57 Å². The summed E-state index contributed by atoms with van der Waals surface area (Å²) >= 11 is 5.75. The quantitative estimate of drug-likeness (QED) is 0.879. The van der Waals surface area contributed by atoms with Crippen LogP contribution in [0.1, 0.15) is 36.9 Å². The Balaban J connectivity index is 1.96. The molecule has 0 radical (unpaired) electrons. The lowest BCUT2D eigenvalue weighted by molar-refractivity contribution is 0.428. The molecule has 1 N–H and O–H groups in total. The molecule has 1 aliphatic heterocycles. The maximum atomic E-state index is 13.2. The van der Waals surface area contributed by atoms with Crippen molar-refractivity contribution in [1.29, 1.82) is 0 Å². The van der Waals surface area contributed by atoms with Gasteiger partial charge in [0.15, 0.2) is 0 Å². The van der Waals surface area contributed by atoms with E-state index in [9.17, 15) is 14.3 Å². The minimum absolute atomic E-state index is 0.0372. The van der Waals surface area contributed by atoms with E-state index in [1.807, 2.05) is 0 Å². The van der Waals surface area contributed by atoms with Crippen LogP contribution < -0.4 is 5.69 Å². The first-order valence-electron chi connectivity index (χ1n) is 6.59. The monoisotopic (exact) mass is 294 g/mol. The Kier molecular flexibility index (Phi) is 2.33. The Morgan fingerprint density at radius 3 is 2.85 bits per heavy atom. The van der Waals surface area contributed by atoms with Crippen LogP contribution in [0.25, 0.3) is 5.69 Å². The van der Waals surface area contributed by atoms with E-state index < -0.39 is 5.82 Å². The van der Waals surface area contributed by atoms with Crippen LogP contribution in [0.4, 0.5) is 4.39 Å². The molecule has 0 saturated heterocycles. The molecule has 1 fully saturated rings. The average molecular weight is 295 g/mol. The van der Waals surface area contributed by atoms with Gasteiger partial charge < -0.3 is 5.11 Å². The van der Waals surface area contributed by atoms with Crippen LogP contribution in [0, 0.1) is 5.82 Å². The van der Waals surface area contributed by atoms with Crippen molar-refractivity contribution < 1.29 is 9.50 Å². The van der Waals surface area contributed by atoms with Gasteiger partial charge >= 0.3 is 5.69 Å². The highest BCUT2D eigenvalue weighted by molar-refractivity contribution is 6.30. The molecule has 1 aliphatic carbocycles. The van der Waals surface area contributed by atoms with Gasteiger partial charge in [0.25, 0.3) is 0 Å². The minimum atomic E-state index is -0.547. The Labute approximate surface area is 119 Å². The first-order chi connectivity index (χ1) is 9.58. The number of hydrogen-bond acceptors (Lipinski definition) is 2. The average Bonchev–Trinajstić information content (AvgIpc) is 3.08. The molecule has 4 nitrogen and oxygen atoms in total. The van der Waals surface area contributed by atoms with Gasteiger partial charge in [-0.3, -0.25) is 4.57 Å². The molecular weight excluding hydrogens is 283 g/mol. The summed E-state index contributed by atoms with van der Waals surface area (Å²) < 4.78 is 16.1. The third-order valence-corrected chi connectivity index (χ3v) is 4.71. The van der Waals surface area contributed by atoms with Gasteiger partial charge in [-0.05, 0) is 37.5 Å². The lowest BCUT2D eigenvalue weighted by Gasteiger charge is -2.11. The van der Waals surface area contributed by atoms with Gasteiger partial charge in [0, 0.05) is 12.0 Å². The maximum Gasteiger partial charge on any atom is 0.336 e. The molecule has 2 bridgehead atoms. The second-order valence-electron chi connectivity index (χ2n) is 5.46. The smallest absolute Gasteiger partial charge is 0.336 e. The summed E-state index contributed by atoms with van der Waals surface area (Å²) in [5.74, 6) is -0.329. The highest BCUT2D eigenvalue weighted by Gasteiger charge is 2.42. The predicted molar refractivity (Wildman–Crippen MR) is 72.3 cm³/mol. The molecule has 4 rings (SSSR count). The van der Waals surface area contributed by atoms with E-state index in [2.05, 4.69) is 0 Å². The zero-order valence-corrected chi connectivity index (χ0v) is 11.3. The van der Waals surface area contributed by atoms with Gasteiger partial charge in [-0.1, -0.05) is 11.6 Å². The number of imidazole rings is 1. The molecule has 6 heteroatoms. The fraction of sp³-hybridized carbons (Fsp3) is 0.357. The molecule has 0 amide bonds. The molecule has 2 aromatic rings. The largest absolute Gasteiger partial charge is 0.493 e. The molecule has 2 aliphatic rings. The third-order valence-electron chi connectivity index (χ3n) is 4.42. The zero-order valence-electron chi connectivity index (χ0n) is 10.5. The van der Waals surface area contributed by atoms with E-state index in [-0.39, 0.29) is 28.6 Å². The summed E-state index contributed by atoms with van der Waals surface area (Å²) in [6, 6.07) is 4.18. The molecule has 2 atom stereocenters. The number of nitrogens with zero attached hydrogens (tertiary/aromatic N) is 2. The Morgan fingerprint density at radius 1 is 1.35 bits per heavy atom. The maximum absolute atomic E-state index is 13.2. The van der Waals surface area contributed by atoms with E-state index in [1.165, 1.54) is 22.8 Å². The summed E-state index contributed by atoms with van der Waals surface area (Å²) in [6.07, 6.45) is 2.92. The molecule has 20 heavy (non-hydrogen) atoms. The molecule has 0 unspecified atom stereocenters. The Bertz CT molecular complexity index is 780. The summed E-state index contributed by atoms with van der Waals surface area (Å²) in [6.45, 7) is 0. The topological polar surface area (TPSA) is 47.2 Å². The highest BCUT2D eigenvalue weighted by Crippen LogP contribution is 2.50. The van der Waals surface area contributed by atoms with Gasteiger partial charge in [0.1, 0.15) is 5.82 Å². The van der Waals surface area contributed by atoms with E-state index in [0.29, 0.717) is 11.4 Å². The van der Waals surface area contributed by atoms with Crippen molar-refractivity contribution in [3.05, 3.63) is 45.2 Å². The fourth-order valence-corrected chi connectivity index (χ4v) is 3.73. The van der Waals surface area contributed by atoms with Crippen molar-refractivity contribution in [1.82, 2.24) is 9.13 Å². The number of hydrogen-bond donors (Lipinski definition) is 1. The number of fused-ring (bicyclic) bond motifs is 5. The van der Waals surface area contributed by atoms with Crippen molar-refractivity contribution in [2.45, 2.75) is 31.2 Å². The number of aromatic hydroxyl groups is 1. The number of halogens is 2. The molecular formula is C14H12ClFN2O2. The fourth-order valence-electron chi connectivity index (χ4n) is 3.55. The molecule has 104 valence electrons. The zero-order chi connectivity index (χ0) is 14.0. The molecule has 1 aromatic carbocycles. The van der Waals surface area contributed by atoms with Crippen LogP contribution in [0.3, 0.4) is 0 Å². The summed E-state index contributed by atoms with van der Waals surface area (Å²) in [7, 11) is 0. The van der Waals surface area contributed by atoms with Gasteiger partial charge in [-0.2, -0.15) is 0 Å². The third kappa shape index (κ3) is 1.38. The normalized spacial score (nSPS) is 23.3. The van der Waals surface area contributed by atoms with Gasteiger partial charge in [0.2, 0.25) is 5.88 Å². The SMILES string of the molecule is O=c1n(-c2ccc(F)c(Cl)c2)c(O)c2n1[C@H]1CC[C@@H]2C1. The van der Waals surface area contributed by atoms with Crippen LogP contribution in [-0.4, -0.2) is 14.2 Å². The van der Waals surface area contributed by atoms with Crippen molar-refractivity contribution in [2.24, 2.45) is 0 Å². The second-order valence-corrected chi connectivity index (χ2v) is 5.87. The highest BCUT2D eigenvalue weighted by atomic mass is 35.5. The van der Waals surface area contributed by atoms with Gasteiger partial charge in [-0.25, -0.2) is 13.8 Å². The summed E-state index contributed by atoms with van der Waals surface area (Å²) in [5, 5.41) is 10.3. The van der Waals surface area contributed by atoms with Gasteiger partial charge in [-0.15, -0.1) is 0 Å². The minimum Gasteiger partial charge on any atom is -0.493 e.